The Hall–Kier alpha value is -2.38. The van der Waals surface area contributed by atoms with E-state index >= 15 is 0 Å². The van der Waals surface area contributed by atoms with Crippen molar-refractivity contribution < 1.29 is 23.1 Å². The van der Waals surface area contributed by atoms with Crippen LogP contribution in [0.2, 0.25) is 0 Å². The van der Waals surface area contributed by atoms with E-state index < -0.39 is 22.6 Å². The van der Waals surface area contributed by atoms with Gasteiger partial charge in [-0.05, 0) is 73.6 Å². The fourth-order valence-electron chi connectivity index (χ4n) is 3.86. The average molecular weight is 404 g/mol. The Morgan fingerprint density at radius 3 is 2.54 bits per heavy atom. The molecule has 0 amide bonds. The first-order chi connectivity index (χ1) is 13.2. The lowest BCUT2D eigenvalue weighted by Crippen LogP contribution is -2.33. The largest absolute Gasteiger partial charge is 0.482 e. The third-order valence-electron chi connectivity index (χ3n) is 5.09. The number of hydrogen-bond donors (Lipinski definition) is 1. The number of sulfonamides is 1. The van der Waals surface area contributed by atoms with Crippen molar-refractivity contribution in [2.45, 2.75) is 44.0 Å². The highest BCUT2D eigenvalue weighted by molar-refractivity contribution is 7.89. The van der Waals surface area contributed by atoms with Crippen LogP contribution in [0.4, 0.5) is 0 Å². The van der Waals surface area contributed by atoms with Gasteiger partial charge in [-0.3, -0.25) is 0 Å². The fourth-order valence-corrected chi connectivity index (χ4v) is 5.41. The standard InChI is InChI=1S/C21H25NO5S/c1-14-10-15(2)12-16(11-14)28(25,26)22(3)19-8-4-7-18-17(19)6-5-9-20(18)27-13-21(23)24/h5-6,9-12,19H,4,7-8,13H2,1-3H3,(H,23,24). The number of ether oxygens (including phenoxy) is 1. The lowest BCUT2D eigenvalue weighted by atomic mass is 9.87. The summed E-state index contributed by atoms with van der Waals surface area (Å²) in [5, 5.41) is 8.88. The molecular weight excluding hydrogens is 378 g/mol. The minimum Gasteiger partial charge on any atom is -0.482 e. The number of aryl methyl sites for hydroxylation is 2. The summed E-state index contributed by atoms with van der Waals surface area (Å²) < 4.78 is 33.4. The summed E-state index contributed by atoms with van der Waals surface area (Å²) in [4.78, 5) is 11.1. The first kappa shape index (κ1) is 20.4. The van der Waals surface area contributed by atoms with Crippen LogP contribution in [-0.4, -0.2) is 37.5 Å². The number of hydrogen-bond acceptors (Lipinski definition) is 4. The summed E-state index contributed by atoms with van der Waals surface area (Å²) in [5.41, 5.74) is 3.58. The van der Waals surface area contributed by atoms with Crippen LogP contribution in [-0.2, 0) is 21.2 Å². The minimum absolute atomic E-state index is 0.290. The van der Waals surface area contributed by atoms with Crippen LogP contribution in [0.15, 0.2) is 41.3 Å². The molecule has 1 N–H and O–H groups in total. The molecule has 0 fully saturated rings. The van der Waals surface area contributed by atoms with Crippen molar-refractivity contribution in [1.82, 2.24) is 4.31 Å². The molecule has 0 aliphatic heterocycles. The summed E-state index contributed by atoms with van der Waals surface area (Å²) in [6.07, 6.45) is 2.24. The van der Waals surface area contributed by atoms with Crippen LogP contribution < -0.4 is 4.74 Å². The Bertz CT molecular complexity index is 980. The normalized spacial score (nSPS) is 16.6. The van der Waals surface area contributed by atoms with E-state index in [9.17, 15) is 13.2 Å². The molecular formula is C21H25NO5S. The number of fused-ring (bicyclic) bond motifs is 1. The van der Waals surface area contributed by atoms with Crippen LogP contribution in [0.1, 0.15) is 41.1 Å². The highest BCUT2D eigenvalue weighted by Gasteiger charge is 2.33. The summed E-state index contributed by atoms with van der Waals surface area (Å²) >= 11 is 0. The Balaban J connectivity index is 1.97. The van der Waals surface area contributed by atoms with Gasteiger partial charge in [-0.1, -0.05) is 18.2 Å². The highest BCUT2D eigenvalue weighted by atomic mass is 32.2. The van der Waals surface area contributed by atoms with Crippen molar-refractivity contribution >= 4 is 16.0 Å². The molecule has 1 aliphatic carbocycles. The van der Waals surface area contributed by atoms with Crippen LogP contribution in [0.25, 0.3) is 0 Å². The van der Waals surface area contributed by atoms with E-state index in [1.165, 1.54) is 4.31 Å². The topological polar surface area (TPSA) is 83.9 Å². The molecule has 1 aliphatic rings. The fraction of sp³-hybridized carbons (Fsp3) is 0.381. The second-order valence-corrected chi connectivity index (χ2v) is 9.26. The van der Waals surface area contributed by atoms with Gasteiger partial charge in [0.25, 0.3) is 0 Å². The highest BCUT2D eigenvalue weighted by Crippen LogP contribution is 2.40. The summed E-state index contributed by atoms with van der Waals surface area (Å²) in [7, 11) is -2.06. The second kappa shape index (κ2) is 7.93. The summed E-state index contributed by atoms with van der Waals surface area (Å²) in [6.45, 7) is 3.35. The van der Waals surface area contributed by atoms with Crippen molar-refractivity contribution in [2.75, 3.05) is 13.7 Å². The third-order valence-corrected chi connectivity index (χ3v) is 6.94. The zero-order chi connectivity index (χ0) is 20.5. The lowest BCUT2D eigenvalue weighted by molar-refractivity contribution is -0.139. The zero-order valence-electron chi connectivity index (χ0n) is 16.3. The molecule has 7 heteroatoms. The van der Waals surface area contributed by atoms with Crippen molar-refractivity contribution in [3.8, 4) is 5.75 Å². The van der Waals surface area contributed by atoms with E-state index in [0.29, 0.717) is 12.2 Å². The molecule has 2 aromatic rings. The van der Waals surface area contributed by atoms with E-state index in [1.807, 2.05) is 26.0 Å². The van der Waals surface area contributed by atoms with Crippen LogP contribution in [0.3, 0.4) is 0 Å². The molecule has 150 valence electrons. The molecule has 0 bridgehead atoms. The van der Waals surface area contributed by atoms with E-state index in [1.54, 1.807) is 31.3 Å². The lowest BCUT2D eigenvalue weighted by Gasteiger charge is -2.33. The first-order valence-electron chi connectivity index (χ1n) is 9.23. The van der Waals surface area contributed by atoms with Gasteiger partial charge in [0.05, 0.1) is 10.9 Å². The maximum atomic E-state index is 13.3. The predicted molar refractivity (Wildman–Crippen MR) is 106 cm³/mol. The molecule has 6 nitrogen and oxygen atoms in total. The molecule has 0 heterocycles. The van der Waals surface area contributed by atoms with E-state index in [0.717, 1.165) is 35.1 Å². The van der Waals surface area contributed by atoms with Gasteiger partial charge in [0.15, 0.2) is 6.61 Å². The quantitative estimate of drug-likeness (QED) is 0.798. The molecule has 0 spiro atoms. The number of carboxylic acid groups (broad SMARTS) is 1. The number of nitrogens with zero attached hydrogens (tertiary/aromatic N) is 1. The number of benzene rings is 2. The maximum absolute atomic E-state index is 13.3. The molecule has 1 atom stereocenters. The van der Waals surface area contributed by atoms with Gasteiger partial charge in [0.2, 0.25) is 10.0 Å². The van der Waals surface area contributed by atoms with Gasteiger partial charge < -0.3 is 9.84 Å². The van der Waals surface area contributed by atoms with Crippen LogP contribution >= 0.6 is 0 Å². The zero-order valence-corrected chi connectivity index (χ0v) is 17.1. The Kier molecular flexibility index (Phi) is 5.76. The molecule has 0 saturated carbocycles. The van der Waals surface area contributed by atoms with E-state index in [-0.39, 0.29) is 10.9 Å². The second-order valence-electron chi connectivity index (χ2n) is 7.26. The smallest absolute Gasteiger partial charge is 0.341 e. The average Bonchev–Trinajstić information content (AvgIpc) is 2.64. The molecule has 0 aromatic heterocycles. The van der Waals surface area contributed by atoms with Gasteiger partial charge in [-0.2, -0.15) is 4.31 Å². The van der Waals surface area contributed by atoms with E-state index in [2.05, 4.69) is 0 Å². The van der Waals surface area contributed by atoms with Gasteiger partial charge >= 0.3 is 5.97 Å². The molecule has 0 saturated heterocycles. The Morgan fingerprint density at radius 1 is 1.21 bits per heavy atom. The van der Waals surface area contributed by atoms with Crippen LogP contribution in [0.5, 0.6) is 5.75 Å². The SMILES string of the molecule is Cc1cc(C)cc(S(=O)(=O)N(C)C2CCCc3c(OCC(=O)O)cccc32)c1. The summed E-state index contributed by atoms with van der Waals surface area (Å²) in [6, 6.07) is 10.4. The maximum Gasteiger partial charge on any atom is 0.341 e. The molecule has 0 radical (unpaired) electrons. The summed E-state index contributed by atoms with van der Waals surface area (Å²) in [5.74, 6) is -0.527. The first-order valence-corrected chi connectivity index (χ1v) is 10.7. The van der Waals surface area contributed by atoms with Gasteiger partial charge in [-0.25, -0.2) is 13.2 Å². The van der Waals surface area contributed by atoms with Gasteiger partial charge in [0, 0.05) is 7.05 Å². The Morgan fingerprint density at radius 2 is 1.89 bits per heavy atom. The molecule has 1 unspecified atom stereocenters. The third kappa shape index (κ3) is 4.05. The predicted octanol–water partition coefficient (Wildman–Crippen LogP) is 3.46. The number of rotatable bonds is 6. The molecule has 2 aromatic carbocycles. The monoisotopic (exact) mass is 403 g/mol. The minimum atomic E-state index is -3.67. The van der Waals surface area contributed by atoms with Crippen molar-refractivity contribution in [2.24, 2.45) is 0 Å². The van der Waals surface area contributed by atoms with E-state index in [4.69, 9.17) is 9.84 Å². The molecule has 28 heavy (non-hydrogen) atoms. The van der Waals surface area contributed by atoms with Gasteiger partial charge in [-0.15, -0.1) is 0 Å². The van der Waals surface area contributed by atoms with Gasteiger partial charge in [0.1, 0.15) is 5.75 Å². The van der Waals surface area contributed by atoms with Crippen molar-refractivity contribution in [1.29, 1.82) is 0 Å². The number of carboxylic acids is 1. The van der Waals surface area contributed by atoms with Crippen molar-refractivity contribution in [3.63, 3.8) is 0 Å². The van der Waals surface area contributed by atoms with Crippen molar-refractivity contribution in [3.05, 3.63) is 58.7 Å². The van der Waals surface area contributed by atoms with Crippen LogP contribution in [0, 0.1) is 13.8 Å². The number of aliphatic carboxylic acids is 1. The number of carbonyl (C=O) groups is 1. The molecule has 3 rings (SSSR count). The Labute approximate surface area is 165 Å².